The summed E-state index contributed by atoms with van der Waals surface area (Å²) in [5.41, 5.74) is 1.12. The Morgan fingerprint density at radius 1 is 1.31 bits per heavy atom. The van der Waals surface area contributed by atoms with E-state index < -0.39 is 11.9 Å². The van der Waals surface area contributed by atoms with Crippen molar-refractivity contribution in [2.45, 2.75) is 45.6 Å². The van der Waals surface area contributed by atoms with Crippen molar-refractivity contribution in [1.82, 2.24) is 20.4 Å². The van der Waals surface area contributed by atoms with Crippen LogP contribution in [0, 0.1) is 6.92 Å². The van der Waals surface area contributed by atoms with Gasteiger partial charge in [0, 0.05) is 43.9 Å². The number of aliphatic imine (C=N–C) groups is 1. The predicted molar refractivity (Wildman–Crippen MR) is 126 cm³/mol. The Morgan fingerprint density at radius 2 is 2.09 bits per heavy atom. The first-order valence-corrected chi connectivity index (χ1v) is 10.2. The second-order valence-electron chi connectivity index (χ2n) is 7.44. The van der Waals surface area contributed by atoms with Gasteiger partial charge in [-0.3, -0.25) is 4.68 Å². The van der Waals surface area contributed by atoms with Crippen molar-refractivity contribution in [1.29, 1.82) is 0 Å². The topological polar surface area (TPSA) is 72.7 Å². The highest BCUT2D eigenvalue weighted by Crippen LogP contribution is 2.31. The van der Waals surface area contributed by atoms with Crippen molar-refractivity contribution in [3.63, 3.8) is 0 Å². The van der Waals surface area contributed by atoms with Crippen molar-refractivity contribution in [2.75, 3.05) is 19.8 Å². The molecule has 1 aliphatic rings. The first-order chi connectivity index (χ1) is 14.8. The molecule has 0 aliphatic carbocycles. The summed E-state index contributed by atoms with van der Waals surface area (Å²) < 4.78 is 52.1. The molecule has 178 valence electrons. The molecule has 2 N–H and O–H groups in total. The molecule has 1 aromatic heterocycles. The number of aromatic nitrogens is 2. The van der Waals surface area contributed by atoms with Gasteiger partial charge in [0.1, 0.15) is 11.9 Å². The second-order valence-corrected chi connectivity index (χ2v) is 7.44. The minimum absolute atomic E-state index is 0. The summed E-state index contributed by atoms with van der Waals surface area (Å²) in [5, 5.41) is 9.76. The quantitative estimate of drug-likeness (QED) is 0.303. The molecule has 1 unspecified atom stereocenters. The largest absolute Gasteiger partial charge is 0.488 e. The van der Waals surface area contributed by atoms with Crippen LogP contribution in [0.5, 0.6) is 5.75 Å². The minimum atomic E-state index is -4.52. The van der Waals surface area contributed by atoms with E-state index in [1.807, 2.05) is 32.0 Å². The van der Waals surface area contributed by atoms with Crippen molar-refractivity contribution in [3.8, 4) is 5.75 Å². The van der Waals surface area contributed by atoms with Crippen LogP contribution in [0.25, 0.3) is 0 Å². The number of nitrogens with zero attached hydrogens (tertiary/aromatic N) is 3. The lowest BCUT2D eigenvalue weighted by Gasteiger charge is -2.18. The average molecular weight is 567 g/mol. The summed E-state index contributed by atoms with van der Waals surface area (Å²) in [7, 11) is 1.46. The summed E-state index contributed by atoms with van der Waals surface area (Å²) in [6, 6.07) is 5.94. The molecule has 1 aromatic carbocycles. The van der Waals surface area contributed by atoms with Crippen LogP contribution in [0.2, 0.25) is 0 Å². The molecule has 0 radical (unpaired) electrons. The fourth-order valence-corrected chi connectivity index (χ4v) is 3.28. The molecular formula is C21H29F3IN5O2. The molecule has 0 saturated carbocycles. The maximum atomic E-state index is 13.2. The van der Waals surface area contributed by atoms with E-state index in [1.54, 1.807) is 0 Å². The number of aryl methyl sites for hydroxylation is 2. The van der Waals surface area contributed by atoms with Crippen LogP contribution < -0.4 is 15.4 Å². The number of benzene rings is 1. The van der Waals surface area contributed by atoms with Gasteiger partial charge in [0.2, 0.25) is 0 Å². The Morgan fingerprint density at radius 3 is 2.75 bits per heavy atom. The molecule has 0 amide bonds. The lowest BCUT2D eigenvalue weighted by molar-refractivity contribution is -0.142. The van der Waals surface area contributed by atoms with Gasteiger partial charge in [-0.05, 0) is 25.5 Å². The molecule has 1 atom stereocenters. The zero-order valence-electron chi connectivity index (χ0n) is 18.3. The summed E-state index contributed by atoms with van der Waals surface area (Å²) in [5.74, 6) is 1.18. The van der Waals surface area contributed by atoms with E-state index in [2.05, 4.69) is 20.7 Å². The highest BCUT2D eigenvalue weighted by Gasteiger charge is 2.36. The standard InChI is InChI=1S/C21H28F3N5O2.HI/c1-4-25-20(27-11-16-12-29(3)28-19(16)21(22,23)24)26-10-15-6-5-14(2)9-18(15)31-17-7-8-30-13-17;/h5-6,9,12,17H,4,7-8,10-11,13H2,1-3H3,(H2,25,26,27);1H. The lowest BCUT2D eigenvalue weighted by Crippen LogP contribution is -2.37. The minimum Gasteiger partial charge on any atom is -0.488 e. The molecule has 1 saturated heterocycles. The second kappa shape index (κ2) is 11.7. The van der Waals surface area contributed by atoms with E-state index in [4.69, 9.17) is 9.47 Å². The monoisotopic (exact) mass is 567 g/mol. The number of hydrogen-bond donors (Lipinski definition) is 2. The van der Waals surface area contributed by atoms with E-state index in [0.717, 1.165) is 28.0 Å². The normalized spacial score (nSPS) is 16.6. The Labute approximate surface area is 202 Å². The summed E-state index contributed by atoms with van der Waals surface area (Å²) in [6.45, 7) is 5.98. The molecular weight excluding hydrogens is 538 g/mol. The number of guanidine groups is 1. The Hall–Kier alpha value is -2.02. The van der Waals surface area contributed by atoms with Crippen LogP contribution in [0.1, 0.15) is 35.7 Å². The van der Waals surface area contributed by atoms with E-state index in [9.17, 15) is 13.2 Å². The van der Waals surface area contributed by atoms with Crippen LogP contribution in [-0.2, 0) is 31.1 Å². The Bertz CT molecular complexity index is 911. The van der Waals surface area contributed by atoms with Gasteiger partial charge < -0.3 is 20.1 Å². The van der Waals surface area contributed by atoms with Crippen molar-refractivity contribution < 1.29 is 22.6 Å². The van der Waals surface area contributed by atoms with Crippen molar-refractivity contribution in [3.05, 3.63) is 46.8 Å². The fourth-order valence-electron chi connectivity index (χ4n) is 3.28. The first-order valence-electron chi connectivity index (χ1n) is 10.2. The molecule has 0 bridgehead atoms. The molecule has 7 nitrogen and oxygen atoms in total. The maximum Gasteiger partial charge on any atom is 0.435 e. The van der Waals surface area contributed by atoms with Gasteiger partial charge in [0.15, 0.2) is 11.7 Å². The van der Waals surface area contributed by atoms with Gasteiger partial charge in [-0.2, -0.15) is 18.3 Å². The Balaban J connectivity index is 0.00000363. The third-order valence-electron chi connectivity index (χ3n) is 4.78. The lowest BCUT2D eigenvalue weighted by atomic mass is 10.1. The number of nitrogens with one attached hydrogen (secondary N) is 2. The summed E-state index contributed by atoms with van der Waals surface area (Å²) >= 11 is 0. The Kier molecular flexibility index (Phi) is 9.62. The number of halogens is 4. The maximum absolute atomic E-state index is 13.2. The number of alkyl halides is 3. The van der Waals surface area contributed by atoms with E-state index in [1.165, 1.54) is 13.2 Å². The first kappa shape index (κ1) is 26.2. The van der Waals surface area contributed by atoms with Gasteiger partial charge in [-0.15, -0.1) is 24.0 Å². The fraction of sp³-hybridized carbons (Fsp3) is 0.524. The molecule has 11 heteroatoms. The zero-order valence-corrected chi connectivity index (χ0v) is 20.7. The summed E-state index contributed by atoms with van der Waals surface area (Å²) in [4.78, 5) is 4.32. The van der Waals surface area contributed by atoms with Crippen LogP contribution in [0.4, 0.5) is 13.2 Å². The van der Waals surface area contributed by atoms with Crippen LogP contribution in [0.15, 0.2) is 29.4 Å². The summed E-state index contributed by atoms with van der Waals surface area (Å²) in [6.07, 6.45) is -2.31. The smallest absolute Gasteiger partial charge is 0.435 e. The van der Waals surface area contributed by atoms with Crippen molar-refractivity contribution >= 4 is 29.9 Å². The number of rotatable bonds is 7. The van der Waals surface area contributed by atoms with Crippen LogP contribution in [0.3, 0.4) is 0 Å². The average Bonchev–Trinajstić information content (AvgIpc) is 3.34. The SMILES string of the molecule is CCNC(=NCc1cn(C)nc1C(F)(F)F)NCc1ccc(C)cc1OC1CCOC1.I. The third kappa shape index (κ3) is 7.26. The molecule has 32 heavy (non-hydrogen) atoms. The van der Waals surface area contributed by atoms with Gasteiger partial charge in [0.05, 0.1) is 19.8 Å². The van der Waals surface area contributed by atoms with Crippen LogP contribution >= 0.6 is 24.0 Å². The molecule has 1 aliphatic heterocycles. The predicted octanol–water partition coefficient (Wildman–Crippen LogP) is 3.79. The molecule has 2 heterocycles. The highest BCUT2D eigenvalue weighted by atomic mass is 127. The highest BCUT2D eigenvalue weighted by molar-refractivity contribution is 14.0. The van der Waals surface area contributed by atoms with Gasteiger partial charge >= 0.3 is 6.18 Å². The zero-order chi connectivity index (χ0) is 22.4. The molecule has 2 aromatic rings. The van der Waals surface area contributed by atoms with Crippen molar-refractivity contribution in [2.24, 2.45) is 12.0 Å². The number of ether oxygens (including phenoxy) is 2. The van der Waals surface area contributed by atoms with Gasteiger partial charge in [-0.25, -0.2) is 4.99 Å². The van der Waals surface area contributed by atoms with E-state index in [-0.39, 0.29) is 42.2 Å². The van der Waals surface area contributed by atoms with E-state index in [0.29, 0.717) is 32.3 Å². The number of hydrogen-bond acceptors (Lipinski definition) is 4. The molecule has 1 fully saturated rings. The molecule has 3 rings (SSSR count). The van der Waals surface area contributed by atoms with E-state index >= 15 is 0 Å². The van der Waals surface area contributed by atoms with Crippen LogP contribution in [-0.4, -0.2) is 41.6 Å². The third-order valence-corrected chi connectivity index (χ3v) is 4.78. The van der Waals surface area contributed by atoms with Gasteiger partial charge in [0.25, 0.3) is 0 Å². The van der Waals surface area contributed by atoms with Gasteiger partial charge in [-0.1, -0.05) is 12.1 Å². The molecule has 0 spiro atoms.